The van der Waals surface area contributed by atoms with Crippen LogP contribution in [0.25, 0.3) is 0 Å². The van der Waals surface area contributed by atoms with E-state index in [1.54, 1.807) is 0 Å². The Labute approximate surface area is 113 Å². The van der Waals surface area contributed by atoms with Crippen molar-refractivity contribution >= 4 is 0 Å². The molecule has 5 heteroatoms. The summed E-state index contributed by atoms with van der Waals surface area (Å²) in [5.41, 5.74) is 3.92. The molecule has 0 bridgehead atoms. The molecule has 19 heavy (non-hydrogen) atoms. The van der Waals surface area contributed by atoms with Gasteiger partial charge in [0.2, 0.25) is 0 Å². The van der Waals surface area contributed by atoms with Crippen LogP contribution in [0.1, 0.15) is 35.8 Å². The Morgan fingerprint density at radius 2 is 2.32 bits per heavy atom. The van der Waals surface area contributed by atoms with E-state index in [1.165, 1.54) is 24.1 Å². The zero-order chi connectivity index (χ0) is 13.2. The average molecular weight is 259 g/mol. The molecule has 1 aliphatic rings. The number of nitrogens with zero attached hydrogens (tertiary/aromatic N) is 4. The van der Waals surface area contributed by atoms with Gasteiger partial charge in [-0.3, -0.25) is 9.36 Å². The Hall–Kier alpha value is -1.62. The highest BCUT2D eigenvalue weighted by Gasteiger charge is 2.22. The van der Waals surface area contributed by atoms with Crippen LogP contribution in [0.3, 0.4) is 0 Å². The lowest BCUT2D eigenvalue weighted by molar-refractivity contribution is 0.454. The van der Waals surface area contributed by atoms with E-state index in [0.717, 1.165) is 25.1 Å². The summed E-state index contributed by atoms with van der Waals surface area (Å²) < 4.78 is 3.87. The number of hydrogen-bond acceptors (Lipinski definition) is 3. The van der Waals surface area contributed by atoms with E-state index >= 15 is 0 Å². The predicted molar refractivity (Wildman–Crippen MR) is 73.8 cm³/mol. The number of aromatic nitrogens is 4. The van der Waals surface area contributed by atoms with Gasteiger partial charge in [0.1, 0.15) is 0 Å². The maximum Gasteiger partial charge on any atom is 0.0637 e. The second-order valence-electron chi connectivity index (χ2n) is 5.30. The van der Waals surface area contributed by atoms with Crippen molar-refractivity contribution in [1.29, 1.82) is 0 Å². The van der Waals surface area contributed by atoms with E-state index in [0.29, 0.717) is 6.04 Å². The molecule has 1 unspecified atom stereocenters. The quantitative estimate of drug-likeness (QED) is 0.902. The van der Waals surface area contributed by atoms with Crippen LogP contribution in [0.15, 0.2) is 18.5 Å². The second-order valence-corrected chi connectivity index (χ2v) is 5.30. The summed E-state index contributed by atoms with van der Waals surface area (Å²) in [7, 11) is 4.00. The predicted octanol–water partition coefficient (Wildman–Crippen LogP) is 1.36. The van der Waals surface area contributed by atoms with Gasteiger partial charge in [0.15, 0.2) is 0 Å². The highest BCUT2D eigenvalue weighted by atomic mass is 15.3. The third kappa shape index (κ3) is 2.56. The lowest BCUT2D eigenvalue weighted by atomic mass is 9.93. The summed E-state index contributed by atoms with van der Waals surface area (Å²) in [6.45, 7) is 0.968. The van der Waals surface area contributed by atoms with Crippen LogP contribution in [-0.4, -0.2) is 26.1 Å². The van der Waals surface area contributed by atoms with Gasteiger partial charge >= 0.3 is 0 Å². The summed E-state index contributed by atoms with van der Waals surface area (Å²) in [5, 5.41) is 12.4. The zero-order valence-electron chi connectivity index (χ0n) is 11.6. The monoisotopic (exact) mass is 259 g/mol. The first-order valence-corrected chi connectivity index (χ1v) is 6.96. The Morgan fingerprint density at radius 1 is 1.42 bits per heavy atom. The third-order valence-corrected chi connectivity index (χ3v) is 3.92. The highest BCUT2D eigenvalue weighted by molar-refractivity contribution is 5.24. The van der Waals surface area contributed by atoms with E-state index in [-0.39, 0.29) is 0 Å². The zero-order valence-corrected chi connectivity index (χ0v) is 11.6. The van der Waals surface area contributed by atoms with Gasteiger partial charge < -0.3 is 5.32 Å². The second kappa shape index (κ2) is 5.17. The lowest BCUT2D eigenvalue weighted by Crippen LogP contribution is -2.27. The third-order valence-electron chi connectivity index (χ3n) is 3.92. The van der Waals surface area contributed by atoms with Crippen molar-refractivity contribution in [1.82, 2.24) is 24.9 Å². The van der Waals surface area contributed by atoms with Crippen LogP contribution in [-0.2, 0) is 26.9 Å². The number of rotatable bonds is 4. The fourth-order valence-corrected chi connectivity index (χ4v) is 2.89. The van der Waals surface area contributed by atoms with Crippen LogP contribution >= 0.6 is 0 Å². The number of fused-ring (bicyclic) bond motifs is 1. The largest absolute Gasteiger partial charge is 0.309 e. The molecule has 1 N–H and O–H groups in total. The topological polar surface area (TPSA) is 47.7 Å². The molecule has 3 rings (SSSR count). The fourth-order valence-electron chi connectivity index (χ4n) is 2.89. The van der Waals surface area contributed by atoms with E-state index in [9.17, 15) is 0 Å². The van der Waals surface area contributed by atoms with Crippen molar-refractivity contribution in [2.24, 2.45) is 14.1 Å². The molecule has 2 aromatic rings. The molecular weight excluding hydrogens is 238 g/mol. The summed E-state index contributed by atoms with van der Waals surface area (Å²) in [5.74, 6) is 0. The first-order chi connectivity index (χ1) is 9.24. The van der Waals surface area contributed by atoms with Gasteiger partial charge in [-0.25, -0.2) is 0 Å². The molecule has 0 aromatic carbocycles. The molecule has 1 atom stereocenters. The number of aryl methyl sites for hydroxylation is 2. The molecule has 0 fully saturated rings. The van der Waals surface area contributed by atoms with Gasteiger partial charge in [-0.15, -0.1) is 0 Å². The first kappa shape index (κ1) is 12.4. The van der Waals surface area contributed by atoms with Crippen LogP contribution in [0.5, 0.6) is 0 Å². The van der Waals surface area contributed by atoms with Crippen LogP contribution < -0.4 is 5.32 Å². The van der Waals surface area contributed by atoms with E-state index in [1.807, 2.05) is 35.9 Å². The number of hydrogen-bond donors (Lipinski definition) is 1. The minimum atomic E-state index is 0.459. The van der Waals surface area contributed by atoms with Crippen molar-refractivity contribution in [2.75, 3.05) is 6.54 Å². The molecule has 2 heterocycles. The molecular formula is C14H21N5. The van der Waals surface area contributed by atoms with Gasteiger partial charge in [0.05, 0.1) is 11.9 Å². The Balaban J connectivity index is 1.59. The van der Waals surface area contributed by atoms with Crippen molar-refractivity contribution in [3.05, 3.63) is 35.4 Å². The normalized spacial score (nSPS) is 18.5. The maximum absolute atomic E-state index is 4.40. The minimum absolute atomic E-state index is 0.459. The summed E-state index contributed by atoms with van der Waals surface area (Å²) in [6.07, 6.45) is 8.61. The SMILES string of the molecule is Cn1ccc(CCNC2CCCc3c2cnn3C)n1. The molecule has 0 aliphatic heterocycles. The van der Waals surface area contributed by atoms with E-state index in [2.05, 4.69) is 21.6 Å². The Morgan fingerprint density at radius 3 is 3.11 bits per heavy atom. The van der Waals surface area contributed by atoms with E-state index < -0.39 is 0 Å². The van der Waals surface area contributed by atoms with Gasteiger partial charge in [-0.2, -0.15) is 10.2 Å². The first-order valence-electron chi connectivity index (χ1n) is 6.96. The van der Waals surface area contributed by atoms with Crippen molar-refractivity contribution < 1.29 is 0 Å². The van der Waals surface area contributed by atoms with Crippen LogP contribution in [0.4, 0.5) is 0 Å². The van der Waals surface area contributed by atoms with Gasteiger partial charge in [0.25, 0.3) is 0 Å². The molecule has 0 spiro atoms. The van der Waals surface area contributed by atoms with Gasteiger partial charge in [-0.05, 0) is 25.3 Å². The fraction of sp³-hybridized carbons (Fsp3) is 0.571. The molecule has 102 valence electrons. The van der Waals surface area contributed by atoms with Gasteiger partial charge in [-0.1, -0.05) is 0 Å². The molecule has 0 saturated heterocycles. The number of nitrogens with one attached hydrogen (secondary N) is 1. The molecule has 0 saturated carbocycles. The Kier molecular flexibility index (Phi) is 3.38. The van der Waals surface area contributed by atoms with Crippen LogP contribution in [0.2, 0.25) is 0 Å². The summed E-state index contributed by atoms with van der Waals surface area (Å²) in [6, 6.07) is 2.54. The minimum Gasteiger partial charge on any atom is -0.309 e. The van der Waals surface area contributed by atoms with E-state index in [4.69, 9.17) is 0 Å². The molecule has 1 aliphatic carbocycles. The van der Waals surface area contributed by atoms with Crippen molar-refractivity contribution in [2.45, 2.75) is 31.7 Å². The molecule has 2 aromatic heterocycles. The van der Waals surface area contributed by atoms with Crippen LogP contribution in [0, 0.1) is 0 Å². The standard InChI is InChI=1S/C14H21N5/c1-18-9-7-11(17-18)6-8-15-13-4-3-5-14-12(13)10-16-19(14)2/h7,9-10,13,15H,3-6,8H2,1-2H3. The molecule has 0 radical (unpaired) electrons. The molecule has 5 nitrogen and oxygen atoms in total. The van der Waals surface area contributed by atoms with Gasteiger partial charge in [0, 0.05) is 50.6 Å². The highest BCUT2D eigenvalue weighted by Crippen LogP contribution is 2.28. The average Bonchev–Trinajstić information content (AvgIpc) is 2.98. The van der Waals surface area contributed by atoms with Crippen molar-refractivity contribution in [3.63, 3.8) is 0 Å². The maximum atomic E-state index is 4.40. The lowest BCUT2D eigenvalue weighted by Gasteiger charge is -2.23. The summed E-state index contributed by atoms with van der Waals surface area (Å²) in [4.78, 5) is 0. The van der Waals surface area contributed by atoms with Crippen molar-refractivity contribution in [3.8, 4) is 0 Å². The summed E-state index contributed by atoms with van der Waals surface area (Å²) >= 11 is 0. The Bertz CT molecular complexity index is 554. The smallest absolute Gasteiger partial charge is 0.0637 e. The molecule has 0 amide bonds.